The smallest absolute Gasteiger partial charge is 0.00400 e. The van der Waals surface area contributed by atoms with E-state index in [2.05, 4.69) is 50.1 Å². The van der Waals surface area contributed by atoms with Gasteiger partial charge in [-0.1, -0.05) is 13.8 Å². The van der Waals surface area contributed by atoms with Gasteiger partial charge in [0.1, 0.15) is 0 Å². The van der Waals surface area contributed by atoms with E-state index in [0.717, 1.165) is 12.8 Å². The molecule has 0 aromatic carbocycles. The largest absolute Gasteiger partial charge is 0.367 e. The highest BCUT2D eigenvalue weighted by Crippen LogP contribution is 2.07. The summed E-state index contributed by atoms with van der Waals surface area (Å²) in [6.07, 6.45) is 10.4. The average Bonchev–Trinajstić information content (AvgIpc) is 2.89. The quantitative estimate of drug-likeness (QED) is 0.769. The van der Waals surface area contributed by atoms with Crippen LogP contribution in [0.5, 0.6) is 0 Å². The zero-order valence-electron chi connectivity index (χ0n) is 10.7. The molecule has 0 aliphatic rings. The Morgan fingerprint density at radius 3 is 1.38 bits per heavy atom. The molecule has 2 N–H and O–H groups in total. The second-order valence-corrected chi connectivity index (χ2v) is 4.03. The molecule has 0 unspecified atom stereocenters. The highest BCUT2D eigenvalue weighted by Gasteiger charge is 1.96. The van der Waals surface area contributed by atoms with E-state index >= 15 is 0 Å². The van der Waals surface area contributed by atoms with Gasteiger partial charge in [-0.15, -0.1) is 0 Å². The Balaban J connectivity index is 0.000000165. The van der Waals surface area contributed by atoms with Crippen molar-refractivity contribution in [1.82, 2.24) is 9.97 Å². The van der Waals surface area contributed by atoms with E-state index in [1.54, 1.807) is 0 Å². The molecule has 2 aromatic heterocycles. The van der Waals surface area contributed by atoms with Gasteiger partial charge >= 0.3 is 0 Å². The summed E-state index contributed by atoms with van der Waals surface area (Å²) in [7, 11) is 0. The van der Waals surface area contributed by atoms with Crippen molar-refractivity contribution in [2.45, 2.75) is 40.5 Å². The second-order valence-electron chi connectivity index (χ2n) is 4.03. The van der Waals surface area contributed by atoms with Crippen molar-refractivity contribution in [3.05, 3.63) is 47.0 Å². The Hall–Kier alpha value is -1.44. The summed E-state index contributed by atoms with van der Waals surface area (Å²) < 4.78 is 0. The van der Waals surface area contributed by atoms with Crippen LogP contribution >= 0.6 is 0 Å². The fraction of sp³-hybridized carbons (Fsp3) is 0.429. The Bertz CT molecular complexity index is 375. The second kappa shape index (κ2) is 6.21. The van der Waals surface area contributed by atoms with Crippen LogP contribution in [-0.4, -0.2) is 9.97 Å². The summed E-state index contributed by atoms with van der Waals surface area (Å²) in [5.41, 5.74) is 5.58. The molecule has 0 amide bonds. The fourth-order valence-corrected chi connectivity index (χ4v) is 1.61. The number of H-pyrrole nitrogens is 2. The zero-order valence-corrected chi connectivity index (χ0v) is 10.7. The molecule has 2 nitrogen and oxygen atoms in total. The summed E-state index contributed by atoms with van der Waals surface area (Å²) in [6, 6.07) is 0. The topological polar surface area (TPSA) is 31.6 Å². The van der Waals surface area contributed by atoms with Crippen molar-refractivity contribution in [1.29, 1.82) is 0 Å². The van der Waals surface area contributed by atoms with Gasteiger partial charge in [0.15, 0.2) is 0 Å². The predicted molar refractivity (Wildman–Crippen MR) is 69.8 cm³/mol. The van der Waals surface area contributed by atoms with Crippen LogP contribution in [0, 0.1) is 13.8 Å². The first-order chi connectivity index (χ1) is 7.69. The predicted octanol–water partition coefficient (Wildman–Crippen LogP) is 3.77. The number of aromatic nitrogens is 2. The van der Waals surface area contributed by atoms with Gasteiger partial charge in [0.2, 0.25) is 0 Å². The van der Waals surface area contributed by atoms with E-state index in [1.165, 1.54) is 22.3 Å². The van der Waals surface area contributed by atoms with Gasteiger partial charge < -0.3 is 9.97 Å². The van der Waals surface area contributed by atoms with Crippen molar-refractivity contribution >= 4 is 0 Å². The van der Waals surface area contributed by atoms with Gasteiger partial charge in [-0.3, -0.25) is 0 Å². The molecule has 0 radical (unpaired) electrons. The van der Waals surface area contributed by atoms with Gasteiger partial charge in [0.05, 0.1) is 0 Å². The molecule has 0 atom stereocenters. The monoisotopic (exact) mass is 218 g/mol. The Kier molecular flexibility index (Phi) is 4.90. The highest BCUT2D eigenvalue weighted by atomic mass is 14.6. The molecular formula is C14H22N2. The third-order valence-corrected chi connectivity index (χ3v) is 2.91. The number of rotatable bonds is 2. The lowest BCUT2D eigenvalue weighted by molar-refractivity contribution is 1.06. The first-order valence-corrected chi connectivity index (χ1v) is 5.93. The standard InChI is InChI=1S/C8H13N.C6H9N/c1-3-7-5-9-6-8(7)4-2;1-5-3-7-4-6(5)2/h5-6,9H,3-4H2,1-2H3;3-4,7H,1-2H3. The molecular weight excluding hydrogens is 196 g/mol. The minimum Gasteiger partial charge on any atom is -0.367 e. The molecule has 0 fully saturated rings. The van der Waals surface area contributed by atoms with Crippen molar-refractivity contribution in [3.63, 3.8) is 0 Å². The highest BCUT2D eigenvalue weighted by molar-refractivity contribution is 5.22. The molecule has 0 saturated heterocycles. The van der Waals surface area contributed by atoms with Crippen LogP contribution in [-0.2, 0) is 12.8 Å². The molecule has 16 heavy (non-hydrogen) atoms. The summed E-state index contributed by atoms with van der Waals surface area (Å²) in [6.45, 7) is 8.54. The van der Waals surface area contributed by atoms with E-state index in [9.17, 15) is 0 Å². The van der Waals surface area contributed by atoms with Crippen molar-refractivity contribution < 1.29 is 0 Å². The van der Waals surface area contributed by atoms with E-state index in [1.807, 2.05) is 12.4 Å². The van der Waals surface area contributed by atoms with Gasteiger partial charge in [0, 0.05) is 24.8 Å². The molecule has 0 saturated carbocycles. The molecule has 88 valence electrons. The van der Waals surface area contributed by atoms with Crippen LogP contribution in [0.3, 0.4) is 0 Å². The Morgan fingerprint density at radius 1 is 0.750 bits per heavy atom. The van der Waals surface area contributed by atoms with E-state index < -0.39 is 0 Å². The Labute approximate surface area is 98.1 Å². The molecule has 2 heteroatoms. The first kappa shape index (κ1) is 12.6. The van der Waals surface area contributed by atoms with Crippen molar-refractivity contribution in [2.24, 2.45) is 0 Å². The van der Waals surface area contributed by atoms with E-state index in [0.29, 0.717) is 0 Å². The molecule has 2 heterocycles. The van der Waals surface area contributed by atoms with Gasteiger partial charge in [-0.05, 0) is 48.9 Å². The maximum absolute atomic E-state index is 3.10. The zero-order chi connectivity index (χ0) is 12.0. The van der Waals surface area contributed by atoms with Crippen LogP contribution in [0.1, 0.15) is 36.1 Å². The number of nitrogens with one attached hydrogen (secondary N) is 2. The van der Waals surface area contributed by atoms with Crippen molar-refractivity contribution in [2.75, 3.05) is 0 Å². The van der Waals surface area contributed by atoms with E-state index in [-0.39, 0.29) is 0 Å². The fourth-order valence-electron chi connectivity index (χ4n) is 1.61. The minimum absolute atomic E-state index is 1.15. The molecule has 2 aromatic rings. The van der Waals surface area contributed by atoms with Crippen LogP contribution in [0.25, 0.3) is 0 Å². The summed E-state index contributed by atoms with van der Waals surface area (Å²) in [4.78, 5) is 6.10. The summed E-state index contributed by atoms with van der Waals surface area (Å²) >= 11 is 0. The van der Waals surface area contributed by atoms with Crippen molar-refractivity contribution in [3.8, 4) is 0 Å². The summed E-state index contributed by atoms with van der Waals surface area (Å²) in [5, 5.41) is 0. The maximum Gasteiger partial charge on any atom is 0.00400 e. The van der Waals surface area contributed by atoms with Crippen LogP contribution in [0.15, 0.2) is 24.8 Å². The SMILES string of the molecule is CCc1c[nH]cc1CC.Cc1c[nH]cc1C. The third-order valence-electron chi connectivity index (χ3n) is 2.91. The van der Waals surface area contributed by atoms with E-state index in [4.69, 9.17) is 0 Å². The Morgan fingerprint density at radius 2 is 1.12 bits per heavy atom. The molecule has 0 bridgehead atoms. The van der Waals surface area contributed by atoms with Crippen LogP contribution in [0.4, 0.5) is 0 Å². The maximum atomic E-state index is 3.10. The first-order valence-electron chi connectivity index (χ1n) is 5.93. The van der Waals surface area contributed by atoms with Crippen LogP contribution < -0.4 is 0 Å². The average molecular weight is 218 g/mol. The lowest BCUT2D eigenvalue weighted by Crippen LogP contribution is -1.81. The van der Waals surface area contributed by atoms with Gasteiger partial charge in [-0.25, -0.2) is 0 Å². The normalized spacial score (nSPS) is 9.75. The number of hydrogen-bond donors (Lipinski definition) is 2. The van der Waals surface area contributed by atoms with Crippen LogP contribution in [0.2, 0.25) is 0 Å². The molecule has 0 spiro atoms. The number of aromatic amines is 2. The van der Waals surface area contributed by atoms with Gasteiger partial charge in [-0.2, -0.15) is 0 Å². The number of hydrogen-bond acceptors (Lipinski definition) is 0. The molecule has 2 rings (SSSR count). The minimum atomic E-state index is 1.15. The third kappa shape index (κ3) is 3.30. The molecule has 0 aliphatic heterocycles. The van der Waals surface area contributed by atoms with Gasteiger partial charge in [0.25, 0.3) is 0 Å². The molecule has 0 aliphatic carbocycles. The summed E-state index contributed by atoms with van der Waals surface area (Å²) in [5.74, 6) is 0. The lowest BCUT2D eigenvalue weighted by Gasteiger charge is -1.92. The lowest BCUT2D eigenvalue weighted by atomic mass is 10.1. The number of aryl methyl sites for hydroxylation is 4.